The van der Waals surface area contributed by atoms with Gasteiger partial charge in [0.1, 0.15) is 0 Å². The molecule has 0 saturated carbocycles. The Bertz CT molecular complexity index is 197. The molecule has 0 N–H and O–H groups in total. The molecule has 0 amide bonds. The van der Waals surface area contributed by atoms with Gasteiger partial charge in [-0.1, -0.05) is 13.8 Å². The lowest BCUT2D eigenvalue weighted by Gasteiger charge is -2.05. The van der Waals surface area contributed by atoms with E-state index in [2.05, 4.69) is 30.2 Å². The van der Waals surface area contributed by atoms with E-state index in [4.69, 9.17) is 0 Å². The Kier molecular flexibility index (Phi) is 2.79. The molecule has 1 nitrogen and oxygen atoms in total. The van der Waals surface area contributed by atoms with Crippen molar-refractivity contribution in [1.29, 1.82) is 0 Å². The fraction of sp³-hybridized carbons (Fsp3) is 0.500. The smallest absolute Gasteiger partial charge is 0.0163 e. The van der Waals surface area contributed by atoms with Gasteiger partial charge in [0.25, 0.3) is 0 Å². The van der Waals surface area contributed by atoms with E-state index < -0.39 is 0 Å². The van der Waals surface area contributed by atoms with E-state index in [1.807, 2.05) is 6.08 Å². The van der Waals surface area contributed by atoms with E-state index >= 15 is 0 Å². The molecule has 10 heavy (non-hydrogen) atoms. The van der Waals surface area contributed by atoms with E-state index in [1.165, 1.54) is 16.9 Å². The summed E-state index contributed by atoms with van der Waals surface area (Å²) in [5.41, 5.74) is 0. The van der Waals surface area contributed by atoms with Crippen LogP contribution in [0.1, 0.15) is 20.3 Å². The lowest BCUT2D eigenvalue weighted by Crippen LogP contribution is -1.88. The fourth-order valence-corrected chi connectivity index (χ4v) is 1.55. The maximum atomic E-state index is 3.95. The summed E-state index contributed by atoms with van der Waals surface area (Å²) in [5.74, 6) is 3.50. The number of nitrogens with zero attached hydrogens (tertiary/aromatic N) is 1. The standard InChI is InChI=1S/C8H11NS/c1-7(2)6-8-4-3-5-9-10-8/h3-4,7H,6H2,1-2H3. The predicted molar refractivity (Wildman–Crippen MR) is 47.1 cm³/mol. The van der Waals surface area contributed by atoms with Crippen LogP contribution in [0.3, 0.4) is 0 Å². The molecule has 2 heteroatoms. The highest BCUT2D eigenvalue weighted by molar-refractivity contribution is 8.02. The van der Waals surface area contributed by atoms with Gasteiger partial charge in [-0.2, -0.15) is 4.40 Å². The van der Waals surface area contributed by atoms with Gasteiger partial charge in [-0.3, -0.25) is 0 Å². The van der Waals surface area contributed by atoms with Crippen LogP contribution < -0.4 is 0 Å². The highest BCUT2D eigenvalue weighted by Gasteiger charge is 2.01. The van der Waals surface area contributed by atoms with Crippen LogP contribution in [0.4, 0.5) is 0 Å². The molecule has 54 valence electrons. The summed E-state index contributed by atoms with van der Waals surface area (Å²) in [6.07, 6.45) is 5.08. The minimum atomic E-state index is 0.723. The van der Waals surface area contributed by atoms with Gasteiger partial charge in [0.05, 0.1) is 0 Å². The normalized spacial score (nSPS) is 16.1. The highest BCUT2D eigenvalue weighted by Crippen LogP contribution is 2.25. The van der Waals surface area contributed by atoms with Crippen LogP contribution in [0.2, 0.25) is 0 Å². The summed E-state index contributed by atoms with van der Waals surface area (Å²) in [6.45, 7) is 4.42. The Labute approximate surface area is 66.1 Å². The molecule has 0 spiro atoms. The van der Waals surface area contributed by atoms with Gasteiger partial charge in [-0.05, 0) is 24.3 Å². The fourth-order valence-electron chi connectivity index (χ4n) is 0.784. The van der Waals surface area contributed by atoms with Gasteiger partial charge in [0.2, 0.25) is 0 Å². The lowest BCUT2D eigenvalue weighted by atomic mass is 10.1. The van der Waals surface area contributed by atoms with E-state index in [1.54, 1.807) is 0 Å². The molecule has 0 aromatic heterocycles. The zero-order valence-corrected chi connectivity index (χ0v) is 7.11. The van der Waals surface area contributed by atoms with E-state index in [-0.39, 0.29) is 0 Å². The van der Waals surface area contributed by atoms with Gasteiger partial charge >= 0.3 is 0 Å². The largest absolute Gasteiger partial charge is 0.168 e. The number of hydrogen-bond acceptors (Lipinski definition) is 2. The first kappa shape index (κ1) is 7.64. The molecular weight excluding hydrogens is 142 g/mol. The van der Waals surface area contributed by atoms with Crippen molar-refractivity contribution in [1.82, 2.24) is 0 Å². The zero-order chi connectivity index (χ0) is 7.40. The third kappa shape index (κ3) is 2.42. The van der Waals surface area contributed by atoms with Crippen LogP contribution in [-0.2, 0) is 0 Å². The quantitative estimate of drug-likeness (QED) is 0.556. The Hall–Kier alpha value is -0.460. The van der Waals surface area contributed by atoms with Gasteiger partial charge < -0.3 is 0 Å². The first-order valence-corrected chi connectivity index (χ1v) is 4.21. The summed E-state index contributed by atoms with van der Waals surface area (Å²) < 4.78 is 3.95. The summed E-state index contributed by atoms with van der Waals surface area (Å²) in [5, 5.41) is 0. The van der Waals surface area contributed by atoms with Crippen LogP contribution in [0.15, 0.2) is 21.5 Å². The van der Waals surface area contributed by atoms with Crippen molar-refractivity contribution in [3.8, 4) is 0 Å². The second kappa shape index (κ2) is 3.65. The van der Waals surface area contributed by atoms with Crippen molar-refractivity contribution >= 4 is 17.8 Å². The van der Waals surface area contributed by atoms with Crippen LogP contribution in [0.5, 0.6) is 0 Å². The molecule has 0 radical (unpaired) electrons. The summed E-state index contributed by atoms with van der Waals surface area (Å²) in [4.78, 5) is 1.34. The molecule has 0 atom stereocenters. The summed E-state index contributed by atoms with van der Waals surface area (Å²) in [6, 6.07) is 0. The zero-order valence-electron chi connectivity index (χ0n) is 6.29. The third-order valence-corrected chi connectivity index (χ3v) is 1.90. The molecule has 1 rings (SSSR count). The highest BCUT2D eigenvalue weighted by atomic mass is 32.2. The molecule has 1 aliphatic rings. The van der Waals surface area contributed by atoms with E-state index in [0.717, 1.165) is 12.3 Å². The van der Waals surface area contributed by atoms with E-state index in [9.17, 15) is 0 Å². The lowest BCUT2D eigenvalue weighted by molar-refractivity contribution is 0.658. The molecule has 1 aliphatic heterocycles. The molecule has 0 saturated heterocycles. The second-order valence-electron chi connectivity index (χ2n) is 2.71. The Morgan fingerprint density at radius 3 is 3.00 bits per heavy atom. The third-order valence-electron chi connectivity index (χ3n) is 1.17. The molecule has 1 heterocycles. The maximum Gasteiger partial charge on any atom is 0.0163 e. The molecule has 0 aromatic rings. The molecule has 0 fully saturated rings. The Morgan fingerprint density at radius 1 is 1.70 bits per heavy atom. The van der Waals surface area contributed by atoms with Crippen LogP contribution in [0, 0.1) is 5.92 Å². The van der Waals surface area contributed by atoms with Crippen molar-refractivity contribution in [2.75, 3.05) is 0 Å². The maximum absolute atomic E-state index is 3.95. The number of rotatable bonds is 2. The van der Waals surface area contributed by atoms with Crippen molar-refractivity contribution in [2.24, 2.45) is 10.3 Å². The molecule has 0 bridgehead atoms. The first-order valence-electron chi connectivity index (χ1n) is 3.44. The SMILES string of the molecule is CC(C)CC1=CC=C=NS1. The topological polar surface area (TPSA) is 12.4 Å². The average Bonchev–Trinajstić information content (AvgIpc) is 1.88. The van der Waals surface area contributed by atoms with Crippen LogP contribution >= 0.6 is 11.9 Å². The molecular formula is C8H11NS. The number of hydrogen-bond donors (Lipinski definition) is 0. The minimum Gasteiger partial charge on any atom is -0.168 e. The molecule has 0 aliphatic carbocycles. The molecule has 0 unspecified atom stereocenters. The van der Waals surface area contributed by atoms with Gasteiger partial charge in [-0.25, -0.2) is 0 Å². The van der Waals surface area contributed by atoms with E-state index in [0.29, 0.717) is 0 Å². The van der Waals surface area contributed by atoms with Crippen molar-refractivity contribution in [3.05, 3.63) is 17.1 Å². The van der Waals surface area contributed by atoms with Crippen molar-refractivity contribution in [3.63, 3.8) is 0 Å². The van der Waals surface area contributed by atoms with Crippen molar-refractivity contribution < 1.29 is 0 Å². The van der Waals surface area contributed by atoms with Gasteiger partial charge in [-0.15, -0.1) is 0 Å². The number of allylic oxidation sites excluding steroid dienone is 3. The first-order chi connectivity index (χ1) is 4.79. The summed E-state index contributed by atoms with van der Waals surface area (Å²) >= 11 is 1.54. The van der Waals surface area contributed by atoms with Crippen LogP contribution in [0.25, 0.3) is 0 Å². The van der Waals surface area contributed by atoms with Gasteiger partial charge in [0, 0.05) is 22.9 Å². The van der Waals surface area contributed by atoms with Crippen LogP contribution in [-0.4, -0.2) is 5.87 Å². The minimum absolute atomic E-state index is 0.723. The monoisotopic (exact) mass is 153 g/mol. The molecule has 0 aromatic carbocycles. The van der Waals surface area contributed by atoms with Gasteiger partial charge in [0.15, 0.2) is 0 Å². The summed E-state index contributed by atoms with van der Waals surface area (Å²) in [7, 11) is 0. The predicted octanol–water partition coefficient (Wildman–Crippen LogP) is 2.80. The second-order valence-corrected chi connectivity index (χ2v) is 3.60. The average molecular weight is 153 g/mol. The Balaban J connectivity index is 2.45. The van der Waals surface area contributed by atoms with Crippen molar-refractivity contribution in [2.45, 2.75) is 20.3 Å². The Morgan fingerprint density at radius 2 is 2.50 bits per heavy atom.